The Balaban J connectivity index is 1.70. The van der Waals surface area contributed by atoms with E-state index in [0.29, 0.717) is 24.3 Å². The number of benzene rings is 1. The monoisotopic (exact) mass is 533 g/mol. The van der Waals surface area contributed by atoms with Crippen molar-refractivity contribution in [3.8, 4) is 0 Å². The summed E-state index contributed by atoms with van der Waals surface area (Å²) in [6, 6.07) is 8.24. The van der Waals surface area contributed by atoms with Gasteiger partial charge < -0.3 is 14.5 Å². The van der Waals surface area contributed by atoms with Gasteiger partial charge in [-0.1, -0.05) is 24.6 Å². The average molecular weight is 534 g/mol. The largest absolute Gasteiger partial charge is 0.444 e. The molecule has 11 heteroatoms. The summed E-state index contributed by atoms with van der Waals surface area (Å²) < 4.78 is 33.5. The predicted molar refractivity (Wildman–Crippen MR) is 140 cm³/mol. The van der Waals surface area contributed by atoms with Gasteiger partial charge >= 0.3 is 6.09 Å². The van der Waals surface area contributed by atoms with E-state index in [0.717, 1.165) is 16.0 Å². The molecular formula is C25H32ClN5O4S. The molecule has 0 saturated carbocycles. The number of nitrogens with zero attached hydrogens (tertiary/aromatic N) is 5. The molecule has 1 saturated heterocycles. The van der Waals surface area contributed by atoms with Crippen molar-refractivity contribution in [2.45, 2.75) is 57.6 Å². The van der Waals surface area contributed by atoms with Crippen molar-refractivity contribution >= 4 is 44.6 Å². The van der Waals surface area contributed by atoms with Crippen LogP contribution in [0.5, 0.6) is 0 Å². The highest BCUT2D eigenvalue weighted by atomic mass is 35.5. The first-order chi connectivity index (χ1) is 16.8. The van der Waals surface area contributed by atoms with Gasteiger partial charge in [0.25, 0.3) is 10.0 Å². The first-order valence-corrected chi connectivity index (χ1v) is 13.7. The molecule has 0 spiro atoms. The predicted octanol–water partition coefficient (Wildman–Crippen LogP) is 4.71. The maximum atomic E-state index is 13.4. The van der Waals surface area contributed by atoms with Crippen LogP contribution in [0, 0.1) is 12.8 Å². The van der Waals surface area contributed by atoms with Gasteiger partial charge in [-0.15, -0.1) is 0 Å². The standard InChI is InChI=1S/C25H32ClN5O4S/c1-16-7-9-18(10-8-16)36(33,34)31-14-12-19-21(27-23(26)28-22(19)31)29(6)20-15-30(13-11-17(20)2)24(32)35-25(3,4)5/h7-10,12,14,17,20H,11,13,15H2,1-6H3/t17-,20+/m1/s1. The summed E-state index contributed by atoms with van der Waals surface area (Å²) in [5.74, 6) is 0.751. The van der Waals surface area contributed by atoms with E-state index in [4.69, 9.17) is 16.3 Å². The molecule has 0 N–H and O–H groups in total. The van der Waals surface area contributed by atoms with E-state index in [1.54, 1.807) is 35.2 Å². The fourth-order valence-corrected chi connectivity index (χ4v) is 5.89. The summed E-state index contributed by atoms with van der Waals surface area (Å²) in [6.45, 7) is 10.6. The third kappa shape index (κ3) is 5.15. The zero-order valence-corrected chi connectivity index (χ0v) is 23.0. The maximum Gasteiger partial charge on any atom is 0.410 e. The van der Waals surface area contributed by atoms with Crippen LogP contribution in [0.3, 0.4) is 0 Å². The zero-order valence-electron chi connectivity index (χ0n) is 21.4. The first-order valence-electron chi connectivity index (χ1n) is 11.9. The topological polar surface area (TPSA) is 97.6 Å². The lowest BCUT2D eigenvalue weighted by atomic mass is 9.92. The Morgan fingerprint density at radius 3 is 2.47 bits per heavy atom. The van der Waals surface area contributed by atoms with Crippen molar-refractivity contribution in [2.75, 3.05) is 25.0 Å². The van der Waals surface area contributed by atoms with Gasteiger partial charge in [0.1, 0.15) is 11.4 Å². The van der Waals surface area contributed by atoms with Crippen molar-refractivity contribution in [3.63, 3.8) is 0 Å². The van der Waals surface area contributed by atoms with Gasteiger partial charge in [0.15, 0.2) is 5.65 Å². The van der Waals surface area contributed by atoms with E-state index >= 15 is 0 Å². The van der Waals surface area contributed by atoms with Gasteiger partial charge in [-0.2, -0.15) is 9.97 Å². The molecule has 3 aromatic rings. The Morgan fingerprint density at radius 1 is 1.17 bits per heavy atom. The molecule has 9 nitrogen and oxygen atoms in total. The lowest BCUT2D eigenvalue weighted by molar-refractivity contribution is 0.0165. The van der Waals surface area contributed by atoms with Gasteiger partial charge in [0.05, 0.1) is 16.3 Å². The average Bonchev–Trinajstić information content (AvgIpc) is 3.22. The molecule has 4 rings (SSSR count). The van der Waals surface area contributed by atoms with E-state index in [1.807, 2.05) is 39.6 Å². The number of aromatic nitrogens is 3. The normalized spacial score (nSPS) is 18.9. The van der Waals surface area contributed by atoms with E-state index < -0.39 is 15.6 Å². The number of rotatable bonds is 4. The molecule has 36 heavy (non-hydrogen) atoms. The summed E-state index contributed by atoms with van der Waals surface area (Å²) in [7, 11) is -2.01. The fourth-order valence-electron chi connectivity index (χ4n) is 4.44. The summed E-state index contributed by atoms with van der Waals surface area (Å²) in [5, 5.41) is 0.495. The molecule has 1 aliphatic heterocycles. The number of anilines is 1. The molecule has 1 amide bonds. The number of carbonyl (C=O) groups is 1. The molecule has 2 aromatic heterocycles. The highest BCUT2D eigenvalue weighted by molar-refractivity contribution is 7.90. The number of amides is 1. The van der Waals surface area contributed by atoms with E-state index in [2.05, 4.69) is 16.9 Å². The summed E-state index contributed by atoms with van der Waals surface area (Å²) in [6.07, 6.45) is 1.91. The Labute approximate surface area is 217 Å². The van der Waals surface area contributed by atoms with Gasteiger partial charge in [0.2, 0.25) is 5.28 Å². The van der Waals surface area contributed by atoms with Crippen molar-refractivity contribution in [3.05, 3.63) is 47.4 Å². The van der Waals surface area contributed by atoms with Crippen LogP contribution >= 0.6 is 11.6 Å². The highest BCUT2D eigenvalue weighted by Crippen LogP contribution is 2.32. The van der Waals surface area contributed by atoms with Gasteiger partial charge in [-0.25, -0.2) is 17.2 Å². The Bertz CT molecular complexity index is 1380. The number of likely N-dealkylation sites (N-methyl/N-ethyl adjacent to an activating group) is 1. The van der Waals surface area contributed by atoms with E-state index in [-0.39, 0.29) is 33.9 Å². The number of halogens is 1. The van der Waals surface area contributed by atoms with E-state index in [9.17, 15) is 13.2 Å². The molecule has 3 heterocycles. The summed E-state index contributed by atoms with van der Waals surface area (Å²) in [4.78, 5) is 25.3. The Kier molecular flexibility index (Phi) is 6.96. The third-order valence-corrected chi connectivity index (χ3v) is 8.29. The van der Waals surface area contributed by atoms with Crippen molar-refractivity contribution in [1.82, 2.24) is 18.8 Å². The van der Waals surface area contributed by atoms with Crippen LogP contribution in [-0.2, 0) is 14.8 Å². The number of hydrogen-bond acceptors (Lipinski definition) is 7. The quantitative estimate of drug-likeness (QED) is 0.448. The third-order valence-electron chi connectivity index (χ3n) is 6.44. The molecule has 1 aliphatic rings. The molecule has 1 fully saturated rings. The van der Waals surface area contributed by atoms with Crippen molar-refractivity contribution < 1.29 is 17.9 Å². The molecule has 2 atom stereocenters. The van der Waals surface area contributed by atoms with Gasteiger partial charge in [-0.05, 0) is 69.8 Å². The SMILES string of the molecule is Cc1ccc(S(=O)(=O)n2ccc3c(N(C)[C@H]4CN(C(=O)OC(C)(C)C)CC[C@H]4C)nc(Cl)nc32)cc1. The lowest BCUT2D eigenvalue weighted by Gasteiger charge is -2.42. The maximum absolute atomic E-state index is 13.4. The van der Waals surface area contributed by atoms with Crippen molar-refractivity contribution in [1.29, 1.82) is 0 Å². The summed E-state index contributed by atoms with van der Waals surface area (Å²) >= 11 is 6.30. The zero-order chi connectivity index (χ0) is 26.4. The number of aryl methyl sites for hydroxylation is 1. The van der Waals surface area contributed by atoms with Gasteiger partial charge in [0, 0.05) is 26.3 Å². The van der Waals surface area contributed by atoms with Crippen LogP contribution in [0.15, 0.2) is 41.4 Å². The van der Waals surface area contributed by atoms with Gasteiger partial charge in [-0.3, -0.25) is 0 Å². The second kappa shape index (κ2) is 9.55. The minimum Gasteiger partial charge on any atom is -0.444 e. The Hall–Kier alpha value is -2.85. The highest BCUT2D eigenvalue weighted by Gasteiger charge is 2.35. The molecule has 1 aromatic carbocycles. The molecule has 194 valence electrons. The van der Waals surface area contributed by atoms with Crippen LogP contribution in [0.1, 0.15) is 39.7 Å². The molecule has 0 aliphatic carbocycles. The number of likely N-dealkylation sites (tertiary alicyclic amines) is 1. The van der Waals surface area contributed by atoms with Crippen molar-refractivity contribution in [2.24, 2.45) is 5.92 Å². The second-order valence-electron chi connectivity index (χ2n) is 10.4. The van der Waals surface area contributed by atoms with Crippen LogP contribution in [0.25, 0.3) is 11.0 Å². The van der Waals surface area contributed by atoms with Crippen LogP contribution in [-0.4, -0.2) is 65.1 Å². The number of ether oxygens (including phenoxy) is 1. The molecular weight excluding hydrogens is 502 g/mol. The molecule has 0 unspecified atom stereocenters. The van der Waals surface area contributed by atoms with Crippen LogP contribution in [0.2, 0.25) is 5.28 Å². The number of fused-ring (bicyclic) bond motifs is 1. The number of carbonyl (C=O) groups excluding carboxylic acids is 1. The Morgan fingerprint density at radius 2 is 1.83 bits per heavy atom. The molecule has 0 bridgehead atoms. The first kappa shape index (κ1) is 26.2. The van der Waals surface area contributed by atoms with Crippen LogP contribution in [0.4, 0.5) is 10.6 Å². The summed E-state index contributed by atoms with van der Waals surface area (Å²) in [5.41, 5.74) is 0.576. The lowest BCUT2D eigenvalue weighted by Crippen LogP contribution is -2.53. The number of piperidine rings is 1. The number of hydrogen-bond donors (Lipinski definition) is 0. The van der Waals surface area contributed by atoms with Crippen LogP contribution < -0.4 is 4.90 Å². The van der Waals surface area contributed by atoms with E-state index in [1.165, 1.54) is 6.20 Å². The fraction of sp³-hybridized carbons (Fsp3) is 0.480. The molecule has 0 radical (unpaired) electrons. The smallest absolute Gasteiger partial charge is 0.410 e. The minimum absolute atomic E-state index is 0.0594. The minimum atomic E-state index is -3.89. The second-order valence-corrected chi connectivity index (χ2v) is 12.5.